The highest BCUT2D eigenvalue weighted by Crippen LogP contribution is 2.33. The molecule has 1 aliphatic heterocycles. The van der Waals surface area contributed by atoms with Gasteiger partial charge in [0.15, 0.2) is 11.5 Å². The van der Waals surface area contributed by atoms with Gasteiger partial charge in [0, 0.05) is 7.05 Å². The van der Waals surface area contributed by atoms with Crippen LogP contribution in [-0.4, -0.2) is 21.7 Å². The number of rotatable bonds is 3. The van der Waals surface area contributed by atoms with Crippen molar-refractivity contribution in [3.63, 3.8) is 0 Å². The second-order valence-electron chi connectivity index (χ2n) is 4.36. The van der Waals surface area contributed by atoms with Gasteiger partial charge in [0.1, 0.15) is 5.75 Å². The molecule has 1 aromatic rings. The fraction of sp³-hybridized carbons (Fsp3) is 0.214. The van der Waals surface area contributed by atoms with Crippen LogP contribution < -0.4 is 4.74 Å². The van der Waals surface area contributed by atoms with Gasteiger partial charge >= 0.3 is 0 Å². The van der Waals surface area contributed by atoms with Crippen molar-refractivity contribution in [2.24, 2.45) is 5.10 Å². The predicted molar refractivity (Wildman–Crippen MR) is 85.6 cm³/mol. The monoisotopic (exact) mass is 346 g/mol. The molecule has 7 heteroatoms. The van der Waals surface area contributed by atoms with E-state index in [0.29, 0.717) is 11.5 Å². The van der Waals surface area contributed by atoms with E-state index in [1.54, 1.807) is 13.2 Å². The quantitative estimate of drug-likeness (QED) is 0.601. The highest BCUT2D eigenvalue weighted by Gasteiger charge is 2.34. The number of hydrogen-bond donors (Lipinski definition) is 0. The van der Waals surface area contributed by atoms with Gasteiger partial charge in [-0.1, -0.05) is 59.6 Å². The second-order valence-corrected chi connectivity index (χ2v) is 6.64. The molecule has 21 heavy (non-hydrogen) atoms. The number of benzene rings is 1. The van der Waals surface area contributed by atoms with Gasteiger partial charge < -0.3 is 9.47 Å². The minimum Gasteiger partial charge on any atom is -0.454 e. The third-order valence-electron chi connectivity index (χ3n) is 2.60. The Labute approximate surface area is 138 Å². The van der Waals surface area contributed by atoms with Crippen molar-refractivity contribution in [3.8, 4) is 5.75 Å². The largest absolute Gasteiger partial charge is 0.454 e. The fourth-order valence-corrected chi connectivity index (χ4v) is 1.82. The minimum atomic E-state index is -1.77. The molecule has 0 unspecified atom stereocenters. The van der Waals surface area contributed by atoms with Gasteiger partial charge in [0.2, 0.25) is 0 Å². The van der Waals surface area contributed by atoms with Crippen LogP contribution in [0.2, 0.25) is 0 Å². The van der Waals surface area contributed by atoms with Crippen LogP contribution in [0.25, 0.3) is 0 Å². The van der Waals surface area contributed by atoms with Crippen molar-refractivity contribution in [3.05, 3.63) is 54.1 Å². The number of nitrogens with zero attached hydrogens (tertiary/aromatic N) is 2. The van der Waals surface area contributed by atoms with Crippen molar-refractivity contribution in [1.82, 2.24) is 5.01 Å². The first-order valence-corrected chi connectivity index (χ1v) is 7.12. The maximum Gasteiger partial charge on any atom is 0.268 e. The molecule has 0 spiro atoms. The van der Waals surface area contributed by atoms with Gasteiger partial charge in [0.05, 0.1) is 6.20 Å². The summed E-state index contributed by atoms with van der Waals surface area (Å²) < 4.78 is 9.37. The Morgan fingerprint density at radius 2 is 2.00 bits per heavy atom. The molecule has 0 aromatic heterocycles. The van der Waals surface area contributed by atoms with E-state index in [1.807, 2.05) is 31.2 Å². The van der Waals surface area contributed by atoms with Crippen molar-refractivity contribution in [2.75, 3.05) is 7.05 Å². The molecule has 1 aromatic carbocycles. The summed E-state index contributed by atoms with van der Waals surface area (Å²) >= 11 is 17.4. The summed E-state index contributed by atoms with van der Waals surface area (Å²) in [7, 11) is 1.68. The molecule has 112 valence electrons. The first-order chi connectivity index (χ1) is 9.77. The number of para-hydroxylation sites is 1. The lowest BCUT2D eigenvalue weighted by Crippen LogP contribution is -2.29. The Morgan fingerprint density at radius 3 is 2.62 bits per heavy atom. The number of aryl methyl sites for hydroxylation is 1. The van der Waals surface area contributed by atoms with E-state index in [9.17, 15) is 0 Å². The minimum absolute atomic E-state index is 0.0676. The van der Waals surface area contributed by atoms with E-state index < -0.39 is 3.79 Å². The van der Waals surface area contributed by atoms with E-state index in [4.69, 9.17) is 44.3 Å². The van der Waals surface area contributed by atoms with Gasteiger partial charge in [-0.25, -0.2) is 0 Å². The Morgan fingerprint density at radius 1 is 1.33 bits per heavy atom. The van der Waals surface area contributed by atoms with Crippen LogP contribution in [0.3, 0.4) is 0 Å². The SMILES string of the molecule is C=C(Oc1ccccc1C)C1=CN(C)N=C(C(Cl)(Cl)Cl)O1. The summed E-state index contributed by atoms with van der Waals surface area (Å²) in [4.78, 5) is 0. The molecular weight excluding hydrogens is 335 g/mol. The molecule has 0 saturated heterocycles. The summed E-state index contributed by atoms with van der Waals surface area (Å²) in [5.74, 6) is 1.21. The van der Waals surface area contributed by atoms with Crippen molar-refractivity contribution < 1.29 is 9.47 Å². The predicted octanol–water partition coefficient (Wildman–Crippen LogP) is 4.37. The molecule has 0 atom stereocenters. The summed E-state index contributed by atoms with van der Waals surface area (Å²) in [5, 5.41) is 5.43. The first kappa shape index (κ1) is 16.0. The van der Waals surface area contributed by atoms with E-state index in [1.165, 1.54) is 5.01 Å². The topological polar surface area (TPSA) is 34.1 Å². The number of alkyl halides is 3. The van der Waals surface area contributed by atoms with Crippen LogP contribution in [0.5, 0.6) is 5.75 Å². The van der Waals surface area contributed by atoms with E-state index in [-0.39, 0.29) is 11.7 Å². The summed E-state index contributed by atoms with van der Waals surface area (Å²) in [5.41, 5.74) is 0.971. The van der Waals surface area contributed by atoms with Crippen molar-refractivity contribution in [1.29, 1.82) is 0 Å². The molecule has 0 fully saturated rings. The third kappa shape index (κ3) is 4.06. The second kappa shape index (κ2) is 6.18. The Kier molecular flexibility index (Phi) is 4.71. The highest BCUT2D eigenvalue weighted by molar-refractivity contribution is 6.76. The maximum absolute atomic E-state index is 5.78. The smallest absolute Gasteiger partial charge is 0.268 e. The lowest BCUT2D eigenvalue weighted by molar-refractivity contribution is 0.293. The fourth-order valence-electron chi connectivity index (χ4n) is 1.59. The van der Waals surface area contributed by atoms with E-state index in [2.05, 4.69) is 11.7 Å². The average Bonchev–Trinajstić information content (AvgIpc) is 2.39. The zero-order valence-electron chi connectivity index (χ0n) is 11.4. The van der Waals surface area contributed by atoms with Gasteiger partial charge in [-0.3, -0.25) is 5.01 Å². The Balaban J connectivity index is 2.15. The third-order valence-corrected chi connectivity index (χ3v) is 3.09. The zero-order chi connectivity index (χ0) is 15.6. The number of hydrogen-bond acceptors (Lipinski definition) is 4. The van der Waals surface area contributed by atoms with Gasteiger partial charge in [0.25, 0.3) is 9.69 Å². The molecule has 0 bridgehead atoms. The molecule has 0 saturated carbocycles. The van der Waals surface area contributed by atoms with Crippen LogP contribution in [0.15, 0.2) is 53.7 Å². The molecule has 0 radical (unpaired) electrons. The zero-order valence-corrected chi connectivity index (χ0v) is 13.7. The summed E-state index contributed by atoms with van der Waals surface area (Å²) in [6.45, 7) is 5.77. The van der Waals surface area contributed by atoms with E-state index >= 15 is 0 Å². The van der Waals surface area contributed by atoms with Gasteiger partial charge in [-0.05, 0) is 18.6 Å². The van der Waals surface area contributed by atoms with Crippen LogP contribution in [0, 0.1) is 6.92 Å². The lowest BCUT2D eigenvalue weighted by atomic mass is 10.2. The molecule has 1 heterocycles. The molecule has 4 nitrogen and oxygen atoms in total. The van der Waals surface area contributed by atoms with Crippen LogP contribution in [0.4, 0.5) is 0 Å². The van der Waals surface area contributed by atoms with Crippen molar-refractivity contribution in [2.45, 2.75) is 10.7 Å². The van der Waals surface area contributed by atoms with E-state index in [0.717, 1.165) is 5.56 Å². The first-order valence-electron chi connectivity index (χ1n) is 5.98. The summed E-state index contributed by atoms with van der Waals surface area (Å²) in [6.07, 6.45) is 1.58. The molecule has 2 rings (SSSR count). The van der Waals surface area contributed by atoms with Crippen LogP contribution in [0.1, 0.15) is 5.56 Å². The van der Waals surface area contributed by atoms with Gasteiger partial charge in [-0.2, -0.15) is 0 Å². The highest BCUT2D eigenvalue weighted by atomic mass is 35.6. The normalized spacial score (nSPS) is 15.0. The maximum atomic E-state index is 5.78. The number of hydrazone groups is 1. The molecule has 1 aliphatic rings. The molecule has 0 aliphatic carbocycles. The lowest BCUT2D eigenvalue weighted by Gasteiger charge is -2.25. The Hall–Kier alpha value is -1.36. The number of halogens is 3. The van der Waals surface area contributed by atoms with Crippen molar-refractivity contribution >= 4 is 40.7 Å². The summed E-state index contributed by atoms with van der Waals surface area (Å²) in [6, 6.07) is 7.55. The number of ether oxygens (including phenoxy) is 2. The Bertz CT molecular complexity index is 621. The standard InChI is InChI=1S/C14H13Cl3N2O2/c1-9-6-4-5-7-11(9)20-10(2)12-8-19(3)18-13(21-12)14(15,16)17/h4-8H,2H2,1,3H3. The average molecular weight is 348 g/mol. The van der Waals surface area contributed by atoms with Gasteiger partial charge in [-0.15, -0.1) is 5.10 Å². The molecule has 0 N–H and O–H groups in total. The molecular formula is C14H13Cl3N2O2. The van der Waals surface area contributed by atoms with Crippen LogP contribution >= 0.6 is 34.8 Å². The molecule has 0 amide bonds. The van der Waals surface area contributed by atoms with Crippen LogP contribution in [-0.2, 0) is 4.74 Å².